The van der Waals surface area contributed by atoms with Crippen molar-refractivity contribution in [2.45, 2.75) is 12.8 Å². The lowest BCUT2D eigenvalue weighted by Crippen LogP contribution is -2.40. The summed E-state index contributed by atoms with van der Waals surface area (Å²) in [6.45, 7) is 0.753. The van der Waals surface area contributed by atoms with Crippen molar-refractivity contribution in [3.05, 3.63) is 24.0 Å². The number of ether oxygens (including phenoxy) is 2. The smallest absolute Gasteiger partial charge is 0.245 e. The highest BCUT2D eigenvalue weighted by Crippen LogP contribution is 2.33. The summed E-state index contributed by atoms with van der Waals surface area (Å²) >= 11 is 0. The number of rotatable bonds is 3. The molecule has 1 saturated heterocycles. The van der Waals surface area contributed by atoms with Gasteiger partial charge in [-0.25, -0.2) is 4.39 Å². The Bertz CT molecular complexity index is 548. The van der Waals surface area contributed by atoms with E-state index in [0.717, 1.165) is 0 Å². The number of nitriles is 1. The summed E-state index contributed by atoms with van der Waals surface area (Å²) in [6, 6.07) is 5.90. The number of hydrogen-bond donors (Lipinski definition) is 1. The van der Waals surface area contributed by atoms with E-state index in [1.165, 1.54) is 25.3 Å². The molecule has 1 aromatic carbocycles. The predicted octanol–water partition coefficient (Wildman–Crippen LogP) is 2.09. The second-order valence-electron chi connectivity index (χ2n) is 4.61. The van der Waals surface area contributed by atoms with Gasteiger partial charge in [-0.3, -0.25) is 4.79 Å². The van der Waals surface area contributed by atoms with Crippen LogP contribution in [0.1, 0.15) is 12.8 Å². The maximum Gasteiger partial charge on any atom is 0.245 e. The number of anilines is 1. The molecule has 1 aliphatic rings. The average Bonchev–Trinajstić information content (AvgIpc) is 2.49. The third-order valence-electron chi connectivity index (χ3n) is 3.41. The van der Waals surface area contributed by atoms with Gasteiger partial charge in [-0.2, -0.15) is 5.26 Å². The molecule has 0 radical (unpaired) electrons. The molecule has 0 atom stereocenters. The zero-order valence-corrected chi connectivity index (χ0v) is 11.1. The van der Waals surface area contributed by atoms with Crippen molar-refractivity contribution in [2.24, 2.45) is 5.41 Å². The first-order chi connectivity index (χ1) is 9.61. The van der Waals surface area contributed by atoms with Crippen LogP contribution >= 0.6 is 0 Å². The van der Waals surface area contributed by atoms with E-state index in [-0.39, 0.29) is 5.75 Å². The second kappa shape index (κ2) is 5.88. The Morgan fingerprint density at radius 1 is 1.50 bits per heavy atom. The zero-order valence-electron chi connectivity index (χ0n) is 11.1. The fourth-order valence-electron chi connectivity index (χ4n) is 2.12. The van der Waals surface area contributed by atoms with Crippen molar-refractivity contribution in [1.29, 1.82) is 5.26 Å². The van der Waals surface area contributed by atoms with E-state index >= 15 is 0 Å². The molecule has 20 heavy (non-hydrogen) atoms. The molecule has 2 rings (SSSR count). The molecule has 0 spiro atoms. The van der Waals surface area contributed by atoms with Gasteiger partial charge in [0.05, 0.1) is 18.9 Å². The number of methoxy groups -OCH3 is 1. The van der Waals surface area contributed by atoms with Crippen molar-refractivity contribution in [3.8, 4) is 11.8 Å². The summed E-state index contributed by atoms with van der Waals surface area (Å²) in [5.74, 6) is -0.646. The lowest BCUT2D eigenvalue weighted by atomic mass is 9.81. The van der Waals surface area contributed by atoms with Crippen molar-refractivity contribution >= 4 is 11.6 Å². The first-order valence-corrected chi connectivity index (χ1v) is 6.25. The maximum absolute atomic E-state index is 13.1. The Hall–Kier alpha value is -2.13. The van der Waals surface area contributed by atoms with Crippen LogP contribution in [0.2, 0.25) is 0 Å². The fourth-order valence-corrected chi connectivity index (χ4v) is 2.12. The fraction of sp³-hybridized carbons (Fsp3) is 0.429. The molecular weight excluding hydrogens is 263 g/mol. The van der Waals surface area contributed by atoms with Gasteiger partial charge in [0, 0.05) is 19.3 Å². The van der Waals surface area contributed by atoms with E-state index in [0.29, 0.717) is 31.7 Å². The number of halogens is 1. The first kappa shape index (κ1) is 14.3. The molecule has 1 aliphatic heterocycles. The number of nitrogens with one attached hydrogen (secondary N) is 1. The Morgan fingerprint density at radius 2 is 2.20 bits per heavy atom. The molecule has 0 saturated carbocycles. The van der Waals surface area contributed by atoms with Gasteiger partial charge in [0.25, 0.3) is 0 Å². The van der Waals surface area contributed by atoms with Crippen LogP contribution in [0.15, 0.2) is 18.2 Å². The molecular formula is C14H15FN2O3. The topological polar surface area (TPSA) is 71.3 Å². The summed E-state index contributed by atoms with van der Waals surface area (Å²) in [4.78, 5) is 12.3. The Morgan fingerprint density at radius 3 is 2.80 bits per heavy atom. The predicted molar refractivity (Wildman–Crippen MR) is 69.7 cm³/mol. The van der Waals surface area contributed by atoms with Crippen molar-refractivity contribution in [3.63, 3.8) is 0 Å². The minimum atomic E-state index is -1.10. The number of nitrogens with zero attached hydrogens (tertiary/aromatic N) is 1. The van der Waals surface area contributed by atoms with Crippen LogP contribution in [0.5, 0.6) is 5.75 Å². The van der Waals surface area contributed by atoms with Gasteiger partial charge in [-0.05, 0) is 25.0 Å². The van der Waals surface area contributed by atoms with E-state index in [4.69, 9.17) is 9.47 Å². The van der Waals surface area contributed by atoms with Gasteiger partial charge >= 0.3 is 0 Å². The zero-order chi connectivity index (χ0) is 14.6. The van der Waals surface area contributed by atoms with Crippen LogP contribution in [-0.4, -0.2) is 26.2 Å². The molecule has 5 nitrogen and oxygen atoms in total. The van der Waals surface area contributed by atoms with Gasteiger partial charge in [0.2, 0.25) is 5.91 Å². The van der Waals surface area contributed by atoms with Crippen LogP contribution in [0, 0.1) is 22.6 Å². The number of carbonyl (C=O) groups is 1. The van der Waals surface area contributed by atoms with Crippen LogP contribution in [0.4, 0.5) is 10.1 Å². The largest absolute Gasteiger partial charge is 0.494 e. The van der Waals surface area contributed by atoms with Crippen LogP contribution in [0.25, 0.3) is 0 Å². The monoisotopic (exact) mass is 278 g/mol. The van der Waals surface area contributed by atoms with E-state index < -0.39 is 17.1 Å². The Labute approximate surface area is 116 Å². The molecule has 1 N–H and O–H groups in total. The molecule has 0 bridgehead atoms. The SMILES string of the molecule is COc1cc(F)ccc1NC(=O)C1(C#N)CCOCC1. The molecule has 0 aliphatic carbocycles. The maximum atomic E-state index is 13.1. The normalized spacial score (nSPS) is 17.1. The van der Waals surface area contributed by atoms with E-state index in [1.54, 1.807) is 0 Å². The third-order valence-corrected chi connectivity index (χ3v) is 3.41. The van der Waals surface area contributed by atoms with Crippen LogP contribution < -0.4 is 10.1 Å². The molecule has 0 unspecified atom stereocenters. The molecule has 6 heteroatoms. The van der Waals surface area contributed by atoms with Crippen molar-refractivity contribution in [2.75, 3.05) is 25.6 Å². The summed E-state index contributed by atoms with van der Waals surface area (Å²) in [6.07, 6.45) is 0.692. The highest BCUT2D eigenvalue weighted by molar-refractivity contribution is 5.98. The summed E-state index contributed by atoms with van der Waals surface area (Å²) in [5.41, 5.74) is -0.752. The van der Waals surface area contributed by atoms with Crippen LogP contribution in [-0.2, 0) is 9.53 Å². The van der Waals surface area contributed by atoms with Crippen molar-refractivity contribution < 1.29 is 18.7 Å². The van der Waals surface area contributed by atoms with Crippen LogP contribution in [0.3, 0.4) is 0 Å². The van der Waals surface area contributed by atoms with Crippen molar-refractivity contribution in [1.82, 2.24) is 0 Å². The minimum absolute atomic E-state index is 0.221. The Kier molecular flexibility index (Phi) is 4.20. The van der Waals surface area contributed by atoms with E-state index in [9.17, 15) is 14.4 Å². The summed E-state index contributed by atoms with van der Waals surface area (Å²) in [7, 11) is 1.39. The molecule has 106 valence electrons. The van der Waals surface area contributed by atoms with E-state index in [2.05, 4.69) is 11.4 Å². The molecule has 1 fully saturated rings. The lowest BCUT2D eigenvalue weighted by molar-refractivity contribution is -0.126. The third kappa shape index (κ3) is 2.73. The van der Waals surface area contributed by atoms with Gasteiger partial charge in [-0.15, -0.1) is 0 Å². The lowest BCUT2D eigenvalue weighted by Gasteiger charge is -2.29. The second-order valence-corrected chi connectivity index (χ2v) is 4.61. The summed E-state index contributed by atoms with van der Waals surface area (Å²) < 4.78 is 23.3. The van der Waals surface area contributed by atoms with Gasteiger partial charge in [0.15, 0.2) is 0 Å². The van der Waals surface area contributed by atoms with E-state index in [1.807, 2.05) is 0 Å². The first-order valence-electron chi connectivity index (χ1n) is 6.25. The number of benzene rings is 1. The van der Waals surface area contributed by atoms with Gasteiger partial charge in [0.1, 0.15) is 17.0 Å². The molecule has 1 amide bonds. The summed E-state index contributed by atoms with van der Waals surface area (Å²) in [5, 5.41) is 11.9. The van der Waals surface area contributed by atoms with Gasteiger partial charge < -0.3 is 14.8 Å². The number of hydrogen-bond acceptors (Lipinski definition) is 4. The molecule has 1 heterocycles. The molecule has 0 aromatic heterocycles. The quantitative estimate of drug-likeness (QED) is 0.919. The minimum Gasteiger partial charge on any atom is -0.494 e. The Balaban J connectivity index is 2.21. The standard InChI is InChI=1S/C14H15FN2O3/c1-19-12-8-10(15)2-3-11(12)17-13(18)14(9-16)4-6-20-7-5-14/h2-3,8H,4-7H2,1H3,(H,17,18). The average molecular weight is 278 g/mol. The highest BCUT2D eigenvalue weighted by atomic mass is 19.1. The van der Waals surface area contributed by atoms with Gasteiger partial charge in [-0.1, -0.05) is 0 Å². The highest BCUT2D eigenvalue weighted by Gasteiger charge is 2.40. The molecule has 1 aromatic rings. The number of amides is 1. The number of carbonyl (C=O) groups excluding carboxylic acids is 1.